The van der Waals surface area contributed by atoms with Crippen LogP contribution in [0.5, 0.6) is 5.75 Å². The molecule has 2 N–H and O–H groups in total. The lowest BCUT2D eigenvalue weighted by Crippen LogP contribution is -2.41. The van der Waals surface area contributed by atoms with Crippen molar-refractivity contribution in [3.8, 4) is 5.75 Å². The van der Waals surface area contributed by atoms with E-state index < -0.39 is 0 Å². The van der Waals surface area contributed by atoms with E-state index in [2.05, 4.69) is 68.3 Å². The predicted octanol–water partition coefficient (Wildman–Crippen LogP) is 2.87. The van der Waals surface area contributed by atoms with E-state index in [1.807, 2.05) is 18.2 Å². The highest BCUT2D eigenvalue weighted by molar-refractivity contribution is 5.79. The summed E-state index contributed by atoms with van der Waals surface area (Å²) in [5, 5.41) is 6.70. The van der Waals surface area contributed by atoms with Gasteiger partial charge >= 0.3 is 0 Å². The third-order valence-corrected chi connectivity index (χ3v) is 3.70. The fourth-order valence-corrected chi connectivity index (χ4v) is 2.09. The molecule has 0 spiro atoms. The second kappa shape index (κ2) is 9.52. The number of nitrogens with one attached hydrogen (secondary N) is 2. The molecule has 5 heteroatoms. The zero-order valence-electron chi connectivity index (χ0n) is 16.3. The number of hydrogen-bond acceptors (Lipinski definition) is 3. The molecule has 136 valence electrons. The zero-order chi connectivity index (χ0) is 18.2. The first-order valence-corrected chi connectivity index (χ1v) is 8.64. The highest BCUT2D eigenvalue weighted by atomic mass is 16.5. The van der Waals surface area contributed by atoms with E-state index >= 15 is 0 Å². The van der Waals surface area contributed by atoms with Gasteiger partial charge in [-0.05, 0) is 47.7 Å². The van der Waals surface area contributed by atoms with Gasteiger partial charge in [0.25, 0.3) is 0 Å². The summed E-state index contributed by atoms with van der Waals surface area (Å²) < 4.78 is 6.03. The lowest BCUT2D eigenvalue weighted by molar-refractivity contribution is 0.129. The van der Waals surface area contributed by atoms with Gasteiger partial charge in [0.2, 0.25) is 0 Å². The van der Waals surface area contributed by atoms with Crippen LogP contribution in [-0.4, -0.2) is 49.7 Å². The van der Waals surface area contributed by atoms with Crippen LogP contribution in [0.3, 0.4) is 0 Å². The Labute approximate surface area is 147 Å². The first kappa shape index (κ1) is 20.3. The van der Waals surface area contributed by atoms with Gasteiger partial charge in [0, 0.05) is 38.3 Å². The van der Waals surface area contributed by atoms with Crippen molar-refractivity contribution in [3.05, 3.63) is 29.8 Å². The van der Waals surface area contributed by atoms with Crippen molar-refractivity contribution < 1.29 is 4.74 Å². The molecule has 0 aliphatic heterocycles. The quantitative estimate of drug-likeness (QED) is 0.595. The number of benzene rings is 1. The Bertz CT molecular complexity index is 520. The van der Waals surface area contributed by atoms with Crippen LogP contribution in [0.15, 0.2) is 29.3 Å². The molecule has 0 aromatic heterocycles. The standard InChI is InChI=1S/C19H34N4O/c1-15(2)23(7)13-12-21-18(20-6)22-14-16-10-8-9-11-17(16)24-19(3,4)5/h8-11,15H,12-14H2,1-7H3,(H2,20,21,22). The van der Waals surface area contributed by atoms with E-state index in [0.717, 1.165) is 30.4 Å². The van der Waals surface area contributed by atoms with Gasteiger partial charge < -0.3 is 20.3 Å². The van der Waals surface area contributed by atoms with Crippen molar-refractivity contribution in [3.63, 3.8) is 0 Å². The van der Waals surface area contributed by atoms with Gasteiger partial charge in [-0.3, -0.25) is 4.99 Å². The maximum Gasteiger partial charge on any atom is 0.191 e. The Morgan fingerprint density at radius 3 is 2.46 bits per heavy atom. The maximum atomic E-state index is 6.03. The van der Waals surface area contributed by atoms with Crippen molar-refractivity contribution in [2.45, 2.75) is 52.8 Å². The number of hydrogen-bond donors (Lipinski definition) is 2. The fraction of sp³-hybridized carbons (Fsp3) is 0.632. The van der Waals surface area contributed by atoms with Crippen LogP contribution >= 0.6 is 0 Å². The Morgan fingerprint density at radius 1 is 1.21 bits per heavy atom. The Morgan fingerprint density at radius 2 is 1.88 bits per heavy atom. The van der Waals surface area contributed by atoms with Crippen molar-refractivity contribution in [2.24, 2.45) is 4.99 Å². The molecule has 0 aliphatic carbocycles. The molecular formula is C19H34N4O. The van der Waals surface area contributed by atoms with Gasteiger partial charge in [-0.2, -0.15) is 0 Å². The summed E-state index contributed by atoms with van der Waals surface area (Å²) >= 11 is 0. The Hall–Kier alpha value is -1.75. The van der Waals surface area contributed by atoms with Crippen LogP contribution in [0, 0.1) is 0 Å². The number of nitrogens with zero attached hydrogens (tertiary/aromatic N) is 2. The van der Waals surface area contributed by atoms with Crippen LogP contribution in [0.1, 0.15) is 40.2 Å². The van der Waals surface area contributed by atoms with E-state index in [9.17, 15) is 0 Å². The monoisotopic (exact) mass is 334 g/mol. The van der Waals surface area contributed by atoms with Gasteiger partial charge in [-0.1, -0.05) is 18.2 Å². The van der Waals surface area contributed by atoms with Crippen molar-refractivity contribution in [1.29, 1.82) is 0 Å². The largest absolute Gasteiger partial charge is 0.488 e. The number of ether oxygens (including phenoxy) is 1. The zero-order valence-corrected chi connectivity index (χ0v) is 16.3. The fourth-order valence-electron chi connectivity index (χ4n) is 2.09. The van der Waals surface area contributed by atoms with Gasteiger partial charge in [0.15, 0.2) is 5.96 Å². The minimum atomic E-state index is -0.211. The summed E-state index contributed by atoms with van der Waals surface area (Å²) in [5.74, 6) is 1.71. The molecule has 0 fully saturated rings. The molecule has 0 bridgehead atoms. The number of guanidine groups is 1. The molecule has 0 saturated carbocycles. The van der Waals surface area contributed by atoms with Crippen molar-refractivity contribution in [1.82, 2.24) is 15.5 Å². The minimum Gasteiger partial charge on any atom is -0.488 e. The van der Waals surface area contributed by atoms with Crippen molar-refractivity contribution in [2.75, 3.05) is 27.2 Å². The summed E-state index contributed by atoms with van der Waals surface area (Å²) in [4.78, 5) is 6.58. The van der Waals surface area contributed by atoms with Crippen LogP contribution in [0.4, 0.5) is 0 Å². The van der Waals surface area contributed by atoms with Crippen LogP contribution < -0.4 is 15.4 Å². The highest BCUT2D eigenvalue weighted by Gasteiger charge is 2.14. The third-order valence-electron chi connectivity index (χ3n) is 3.70. The van der Waals surface area contributed by atoms with Crippen molar-refractivity contribution >= 4 is 5.96 Å². The summed E-state index contributed by atoms with van der Waals surface area (Å²) in [5.41, 5.74) is 0.909. The minimum absolute atomic E-state index is 0.211. The molecule has 0 unspecified atom stereocenters. The lowest BCUT2D eigenvalue weighted by Gasteiger charge is -2.24. The highest BCUT2D eigenvalue weighted by Crippen LogP contribution is 2.22. The van der Waals surface area contributed by atoms with Gasteiger partial charge in [-0.15, -0.1) is 0 Å². The first-order chi connectivity index (χ1) is 11.2. The lowest BCUT2D eigenvalue weighted by atomic mass is 10.1. The van der Waals surface area contributed by atoms with Crippen LogP contribution in [0.25, 0.3) is 0 Å². The summed E-state index contributed by atoms with van der Waals surface area (Å²) in [6, 6.07) is 8.66. The smallest absolute Gasteiger partial charge is 0.191 e. The molecule has 0 amide bonds. The molecule has 0 radical (unpaired) electrons. The summed E-state index contributed by atoms with van der Waals surface area (Å²) in [6.45, 7) is 13.1. The maximum absolute atomic E-state index is 6.03. The molecule has 24 heavy (non-hydrogen) atoms. The molecule has 1 rings (SSSR count). The van der Waals surface area contributed by atoms with Crippen LogP contribution in [0.2, 0.25) is 0 Å². The third kappa shape index (κ3) is 7.68. The summed E-state index contributed by atoms with van der Waals surface area (Å²) in [6.07, 6.45) is 0. The molecule has 5 nitrogen and oxygen atoms in total. The average molecular weight is 335 g/mol. The molecule has 0 saturated heterocycles. The molecule has 0 heterocycles. The molecular weight excluding hydrogens is 300 g/mol. The second-order valence-corrected chi connectivity index (χ2v) is 7.25. The van der Waals surface area contributed by atoms with E-state index in [4.69, 9.17) is 4.74 Å². The van der Waals surface area contributed by atoms with E-state index in [0.29, 0.717) is 12.6 Å². The first-order valence-electron chi connectivity index (χ1n) is 8.64. The Kier molecular flexibility index (Phi) is 8.05. The molecule has 1 aromatic rings. The molecule has 0 atom stereocenters. The normalized spacial score (nSPS) is 12.6. The van der Waals surface area contributed by atoms with E-state index in [1.165, 1.54) is 0 Å². The SMILES string of the molecule is CN=C(NCCN(C)C(C)C)NCc1ccccc1OC(C)(C)C. The summed E-state index contributed by atoms with van der Waals surface area (Å²) in [7, 11) is 3.92. The number of para-hydroxylation sites is 1. The average Bonchev–Trinajstić information content (AvgIpc) is 2.50. The van der Waals surface area contributed by atoms with E-state index in [1.54, 1.807) is 7.05 Å². The predicted molar refractivity (Wildman–Crippen MR) is 103 cm³/mol. The van der Waals surface area contributed by atoms with Crippen LogP contribution in [-0.2, 0) is 6.54 Å². The van der Waals surface area contributed by atoms with Gasteiger partial charge in [0.1, 0.15) is 11.4 Å². The molecule has 1 aromatic carbocycles. The number of rotatable bonds is 7. The van der Waals surface area contributed by atoms with Gasteiger partial charge in [0.05, 0.1) is 0 Å². The number of likely N-dealkylation sites (N-methyl/N-ethyl adjacent to an activating group) is 1. The molecule has 0 aliphatic rings. The number of aliphatic imine (C=N–C) groups is 1. The topological polar surface area (TPSA) is 48.9 Å². The van der Waals surface area contributed by atoms with Gasteiger partial charge in [-0.25, -0.2) is 0 Å². The second-order valence-electron chi connectivity index (χ2n) is 7.25. The van der Waals surface area contributed by atoms with E-state index in [-0.39, 0.29) is 5.60 Å². The Balaban J connectivity index is 2.55.